The average molecular weight is 350 g/mol. The number of rotatable bonds is 4. The maximum atomic E-state index is 12.3. The molecule has 24 heavy (non-hydrogen) atoms. The Morgan fingerprint density at radius 1 is 1.46 bits per heavy atom. The van der Waals surface area contributed by atoms with Crippen LogP contribution in [0.15, 0.2) is 34.9 Å². The van der Waals surface area contributed by atoms with E-state index in [1.165, 1.54) is 0 Å². The number of aliphatic hydroxyl groups is 1. The van der Waals surface area contributed by atoms with Crippen LogP contribution in [0, 0.1) is 5.92 Å². The second-order valence-electron chi connectivity index (χ2n) is 6.13. The minimum absolute atomic E-state index is 0.168. The lowest BCUT2D eigenvalue weighted by atomic mass is 9.94. The molecule has 1 saturated heterocycles. The molecule has 1 aliphatic heterocycles. The van der Waals surface area contributed by atoms with Crippen LogP contribution < -0.4 is 5.32 Å². The van der Waals surface area contributed by atoms with Crippen molar-refractivity contribution in [2.24, 2.45) is 5.92 Å². The molecule has 0 bridgehead atoms. The summed E-state index contributed by atoms with van der Waals surface area (Å²) in [6.45, 7) is 1.60. The van der Waals surface area contributed by atoms with Crippen molar-refractivity contribution in [3.63, 3.8) is 0 Å². The predicted octanol–water partition coefficient (Wildman–Crippen LogP) is 1.92. The van der Waals surface area contributed by atoms with E-state index in [0.29, 0.717) is 29.4 Å². The van der Waals surface area contributed by atoms with Crippen molar-refractivity contribution in [1.82, 2.24) is 15.4 Å². The van der Waals surface area contributed by atoms with Crippen molar-refractivity contribution >= 4 is 17.5 Å². The van der Waals surface area contributed by atoms with Gasteiger partial charge in [0.2, 0.25) is 5.91 Å². The van der Waals surface area contributed by atoms with Crippen LogP contribution in [-0.4, -0.2) is 47.3 Å². The Morgan fingerprint density at radius 2 is 2.21 bits per heavy atom. The van der Waals surface area contributed by atoms with Crippen LogP contribution in [0.1, 0.15) is 12.2 Å². The Kier molecular flexibility index (Phi) is 5.18. The van der Waals surface area contributed by atoms with E-state index in [-0.39, 0.29) is 12.5 Å². The molecule has 2 aromatic rings. The summed E-state index contributed by atoms with van der Waals surface area (Å²) in [6.07, 6.45) is 0.0120. The molecule has 2 atom stereocenters. The van der Waals surface area contributed by atoms with Crippen molar-refractivity contribution in [2.45, 2.75) is 19.1 Å². The third-order valence-corrected chi connectivity index (χ3v) is 4.50. The number of carbonyl (C=O) groups excluding carboxylic acids is 1. The topological polar surface area (TPSA) is 78.6 Å². The van der Waals surface area contributed by atoms with Gasteiger partial charge in [0, 0.05) is 29.7 Å². The third-order valence-electron chi connectivity index (χ3n) is 4.25. The standard InChI is InChI=1S/C17H20ClN3O3/c1-21-7-6-16(22)14(10-21)17(23)19-9-13-8-15(20-24-13)11-2-4-12(18)5-3-11/h2-5,8,14,16,22H,6-7,9-10H2,1H3,(H,19,23)/t14-,16-/m1/s1. The molecule has 1 fully saturated rings. The van der Waals surface area contributed by atoms with Crippen LogP contribution in [-0.2, 0) is 11.3 Å². The fraction of sp³-hybridized carbons (Fsp3) is 0.412. The number of benzene rings is 1. The first kappa shape index (κ1) is 17.0. The van der Waals surface area contributed by atoms with E-state index >= 15 is 0 Å². The monoisotopic (exact) mass is 349 g/mol. The molecule has 0 aliphatic carbocycles. The highest BCUT2D eigenvalue weighted by Gasteiger charge is 2.31. The summed E-state index contributed by atoms with van der Waals surface area (Å²) in [5, 5.41) is 17.5. The van der Waals surface area contributed by atoms with Crippen LogP contribution in [0.5, 0.6) is 0 Å². The minimum atomic E-state index is -0.597. The highest BCUT2D eigenvalue weighted by atomic mass is 35.5. The van der Waals surface area contributed by atoms with Gasteiger partial charge in [0.1, 0.15) is 5.69 Å². The summed E-state index contributed by atoms with van der Waals surface area (Å²) in [5.41, 5.74) is 1.58. The summed E-state index contributed by atoms with van der Waals surface area (Å²) in [5.74, 6) is -0.0205. The average Bonchev–Trinajstić information content (AvgIpc) is 3.04. The highest BCUT2D eigenvalue weighted by Crippen LogP contribution is 2.21. The molecule has 6 nitrogen and oxygen atoms in total. The molecule has 1 aromatic carbocycles. The Balaban J connectivity index is 1.59. The molecule has 7 heteroatoms. The van der Waals surface area contributed by atoms with E-state index in [1.54, 1.807) is 18.2 Å². The second kappa shape index (κ2) is 7.34. The molecule has 0 unspecified atom stereocenters. The van der Waals surface area contributed by atoms with Gasteiger partial charge in [0.25, 0.3) is 0 Å². The van der Waals surface area contributed by atoms with Gasteiger partial charge in [-0.05, 0) is 25.6 Å². The zero-order chi connectivity index (χ0) is 17.1. The van der Waals surface area contributed by atoms with E-state index in [9.17, 15) is 9.90 Å². The van der Waals surface area contributed by atoms with E-state index in [1.807, 2.05) is 24.1 Å². The van der Waals surface area contributed by atoms with Crippen LogP contribution in [0.25, 0.3) is 11.3 Å². The summed E-state index contributed by atoms with van der Waals surface area (Å²) in [4.78, 5) is 14.3. The van der Waals surface area contributed by atoms with Gasteiger partial charge in [-0.2, -0.15) is 0 Å². The van der Waals surface area contributed by atoms with Crippen molar-refractivity contribution in [1.29, 1.82) is 0 Å². The molecule has 1 aromatic heterocycles. The largest absolute Gasteiger partial charge is 0.392 e. The second-order valence-corrected chi connectivity index (χ2v) is 6.56. The number of carbonyl (C=O) groups is 1. The van der Waals surface area contributed by atoms with Crippen LogP contribution in [0.2, 0.25) is 5.02 Å². The number of halogens is 1. The molecule has 128 valence electrons. The maximum absolute atomic E-state index is 12.3. The van der Waals surface area contributed by atoms with Gasteiger partial charge in [0.05, 0.1) is 18.6 Å². The number of aliphatic hydroxyl groups excluding tert-OH is 1. The smallest absolute Gasteiger partial charge is 0.227 e. The van der Waals surface area contributed by atoms with Gasteiger partial charge in [-0.3, -0.25) is 4.79 Å². The lowest BCUT2D eigenvalue weighted by molar-refractivity contribution is -0.131. The van der Waals surface area contributed by atoms with Gasteiger partial charge in [-0.1, -0.05) is 28.9 Å². The molecule has 3 rings (SSSR count). The fourth-order valence-electron chi connectivity index (χ4n) is 2.82. The number of hydrogen-bond donors (Lipinski definition) is 2. The van der Waals surface area contributed by atoms with E-state index in [2.05, 4.69) is 10.5 Å². The maximum Gasteiger partial charge on any atom is 0.227 e. The zero-order valence-corrected chi connectivity index (χ0v) is 14.2. The molecule has 2 heterocycles. The van der Waals surface area contributed by atoms with Crippen LogP contribution in [0.4, 0.5) is 0 Å². The number of nitrogens with one attached hydrogen (secondary N) is 1. The molecule has 1 aliphatic rings. The normalized spacial score (nSPS) is 21.6. The van der Waals surface area contributed by atoms with Gasteiger partial charge < -0.3 is 19.8 Å². The lowest BCUT2D eigenvalue weighted by Gasteiger charge is -2.32. The van der Waals surface area contributed by atoms with Gasteiger partial charge in [-0.25, -0.2) is 0 Å². The predicted molar refractivity (Wildman–Crippen MR) is 90.4 cm³/mol. The summed E-state index contributed by atoms with van der Waals surface area (Å²) in [7, 11) is 1.95. The quantitative estimate of drug-likeness (QED) is 0.881. The summed E-state index contributed by atoms with van der Waals surface area (Å²) >= 11 is 5.87. The van der Waals surface area contributed by atoms with E-state index < -0.39 is 12.0 Å². The summed E-state index contributed by atoms with van der Waals surface area (Å²) < 4.78 is 5.26. The Labute approximate surface area is 145 Å². The van der Waals surface area contributed by atoms with Crippen molar-refractivity contribution in [3.05, 3.63) is 41.1 Å². The SMILES string of the molecule is CN1CC[C@@H](O)[C@H](C(=O)NCc2cc(-c3ccc(Cl)cc3)no2)C1. The Hall–Kier alpha value is -1.89. The fourth-order valence-corrected chi connectivity index (χ4v) is 2.94. The minimum Gasteiger partial charge on any atom is -0.392 e. The van der Waals surface area contributed by atoms with E-state index in [0.717, 1.165) is 12.1 Å². The molecule has 0 radical (unpaired) electrons. The molecular weight excluding hydrogens is 330 g/mol. The van der Waals surface area contributed by atoms with Crippen molar-refractivity contribution < 1.29 is 14.4 Å². The highest BCUT2D eigenvalue weighted by molar-refractivity contribution is 6.30. The first-order valence-electron chi connectivity index (χ1n) is 7.89. The number of nitrogens with zero attached hydrogens (tertiary/aromatic N) is 2. The van der Waals surface area contributed by atoms with Crippen LogP contribution >= 0.6 is 11.6 Å². The Morgan fingerprint density at radius 3 is 2.96 bits per heavy atom. The van der Waals surface area contributed by atoms with Crippen LogP contribution in [0.3, 0.4) is 0 Å². The Bertz CT molecular complexity index is 701. The molecule has 0 saturated carbocycles. The molecule has 2 N–H and O–H groups in total. The lowest BCUT2D eigenvalue weighted by Crippen LogP contribution is -2.48. The summed E-state index contributed by atoms with van der Waals surface area (Å²) in [6, 6.07) is 9.07. The number of hydrogen-bond acceptors (Lipinski definition) is 5. The molecule has 1 amide bonds. The number of aromatic nitrogens is 1. The van der Waals surface area contributed by atoms with E-state index in [4.69, 9.17) is 16.1 Å². The van der Waals surface area contributed by atoms with Gasteiger partial charge in [0.15, 0.2) is 5.76 Å². The van der Waals surface area contributed by atoms with Gasteiger partial charge >= 0.3 is 0 Å². The molecule has 0 spiro atoms. The number of likely N-dealkylation sites (tertiary alicyclic amines) is 1. The van der Waals surface area contributed by atoms with Crippen molar-refractivity contribution in [2.75, 3.05) is 20.1 Å². The van der Waals surface area contributed by atoms with Gasteiger partial charge in [-0.15, -0.1) is 0 Å². The third kappa shape index (κ3) is 3.95. The first-order chi connectivity index (χ1) is 11.5. The zero-order valence-electron chi connectivity index (χ0n) is 13.4. The van der Waals surface area contributed by atoms with Crippen molar-refractivity contribution in [3.8, 4) is 11.3 Å². The first-order valence-corrected chi connectivity index (χ1v) is 8.26. The number of amides is 1. The molecular formula is C17H20ClN3O3. The number of piperidine rings is 1.